The van der Waals surface area contributed by atoms with Gasteiger partial charge in [0.25, 0.3) is 0 Å². The van der Waals surface area contributed by atoms with Gasteiger partial charge < -0.3 is 10.6 Å². The van der Waals surface area contributed by atoms with E-state index in [0.717, 1.165) is 36.3 Å². The predicted octanol–water partition coefficient (Wildman–Crippen LogP) is 3.41. The Kier molecular flexibility index (Phi) is 4.86. The molecule has 0 aromatic heterocycles. The van der Waals surface area contributed by atoms with Gasteiger partial charge in [-0.05, 0) is 36.0 Å². The first kappa shape index (κ1) is 15.8. The summed E-state index contributed by atoms with van der Waals surface area (Å²) in [4.78, 5) is 14.3. The molecule has 0 saturated carbocycles. The average Bonchev–Trinajstić information content (AvgIpc) is 2.26. The van der Waals surface area contributed by atoms with Crippen molar-refractivity contribution in [2.24, 2.45) is 5.41 Å². The Morgan fingerprint density at radius 1 is 1.37 bits per heavy atom. The minimum atomic E-state index is 0. The molecule has 1 aromatic carbocycles. The van der Waals surface area contributed by atoms with Crippen molar-refractivity contribution in [1.29, 1.82) is 0 Å². The van der Waals surface area contributed by atoms with Gasteiger partial charge in [0.05, 0.1) is 0 Å². The fourth-order valence-corrected chi connectivity index (χ4v) is 2.46. The minimum Gasteiger partial charge on any atom is -0.398 e. The summed E-state index contributed by atoms with van der Waals surface area (Å²) in [6, 6.07) is 5.85. The van der Waals surface area contributed by atoms with Crippen molar-refractivity contribution in [3.8, 4) is 0 Å². The van der Waals surface area contributed by atoms with Crippen LogP contribution in [0.5, 0.6) is 0 Å². The monoisotopic (exact) mass is 282 g/mol. The van der Waals surface area contributed by atoms with Crippen LogP contribution in [0.25, 0.3) is 0 Å². The maximum absolute atomic E-state index is 12.4. The Bertz CT molecular complexity index is 466. The summed E-state index contributed by atoms with van der Waals surface area (Å²) in [5.41, 5.74) is 8.96. The van der Waals surface area contributed by atoms with Crippen molar-refractivity contribution >= 4 is 29.7 Å². The molecule has 1 aliphatic rings. The van der Waals surface area contributed by atoms with Gasteiger partial charge >= 0.3 is 0 Å². The van der Waals surface area contributed by atoms with E-state index in [9.17, 15) is 4.79 Å². The molecule has 1 heterocycles. The first-order chi connectivity index (χ1) is 8.38. The second kappa shape index (κ2) is 5.83. The lowest BCUT2D eigenvalue weighted by Gasteiger charge is -2.32. The molecular formula is C15H23ClN2O. The van der Waals surface area contributed by atoms with Gasteiger partial charge in [0.15, 0.2) is 0 Å². The van der Waals surface area contributed by atoms with E-state index in [-0.39, 0.29) is 23.7 Å². The van der Waals surface area contributed by atoms with Crippen LogP contribution in [-0.2, 0) is 11.2 Å². The van der Waals surface area contributed by atoms with Crippen LogP contribution >= 0.6 is 12.4 Å². The van der Waals surface area contributed by atoms with Crippen LogP contribution < -0.4 is 10.6 Å². The quantitative estimate of drug-likeness (QED) is 0.803. The van der Waals surface area contributed by atoms with Crippen molar-refractivity contribution in [1.82, 2.24) is 0 Å². The number of anilines is 2. The number of nitrogen functional groups attached to an aromatic ring is 1. The highest BCUT2D eigenvalue weighted by atomic mass is 35.5. The van der Waals surface area contributed by atoms with Crippen molar-refractivity contribution in [2.75, 3.05) is 17.2 Å². The van der Waals surface area contributed by atoms with Crippen LogP contribution in [0.3, 0.4) is 0 Å². The lowest BCUT2D eigenvalue weighted by atomic mass is 9.90. The van der Waals surface area contributed by atoms with E-state index in [0.29, 0.717) is 6.42 Å². The molecule has 0 radical (unpaired) electrons. The number of hydrogen-bond acceptors (Lipinski definition) is 2. The highest BCUT2D eigenvalue weighted by Gasteiger charge is 2.26. The number of nitrogens with zero attached hydrogens (tertiary/aromatic N) is 1. The third kappa shape index (κ3) is 3.63. The van der Waals surface area contributed by atoms with Gasteiger partial charge in [-0.25, -0.2) is 0 Å². The van der Waals surface area contributed by atoms with Gasteiger partial charge in [0, 0.05) is 24.3 Å². The number of benzene rings is 1. The van der Waals surface area contributed by atoms with Gasteiger partial charge in [0.1, 0.15) is 0 Å². The summed E-state index contributed by atoms with van der Waals surface area (Å²) in [6.07, 6.45) is 2.54. The maximum Gasteiger partial charge on any atom is 0.227 e. The Morgan fingerprint density at radius 2 is 2.05 bits per heavy atom. The van der Waals surface area contributed by atoms with E-state index in [1.165, 1.54) is 0 Å². The number of amides is 1. The molecule has 2 rings (SSSR count). The van der Waals surface area contributed by atoms with E-state index >= 15 is 0 Å². The molecular weight excluding hydrogens is 260 g/mol. The van der Waals surface area contributed by atoms with Gasteiger partial charge in [0.2, 0.25) is 5.91 Å². The molecule has 19 heavy (non-hydrogen) atoms. The molecule has 0 bridgehead atoms. The largest absolute Gasteiger partial charge is 0.398 e. The van der Waals surface area contributed by atoms with E-state index < -0.39 is 0 Å². The van der Waals surface area contributed by atoms with Gasteiger partial charge in [-0.3, -0.25) is 4.79 Å². The van der Waals surface area contributed by atoms with E-state index in [1.54, 1.807) is 0 Å². The smallest absolute Gasteiger partial charge is 0.227 e. The summed E-state index contributed by atoms with van der Waals surface area (Å²) >= 11 is 0. The summed E-state index contributed by atoms with van der Waals surface area (Å²) < 4.78 is 0. The molecule has 2 N–H and O–H groups in total. The fourth-order valence-electron chi connectivity index (χ4n) is 2.46. The van der Waals surface area contributed by atoms with Gasteiger partial charge in [-0.15, -0.1) is 12.4 Å². The van der Waals surface area contributed by atoms with Crippen molar-refractivity contribution in [3.05, 3.63) is 23.8 Å². The summed E-state index contributed by atoms with van der Waals surface area (Å²) in [5.74, 6) is 0.203. The fraction of sp³-hybridized carbons (Fsp3) is 0.533. The molecule has 0 saturated heterocycles. The number of nitrogens with two attached hydrogens (primary N) is 1. The molecule has 0 aliphatic carbocycles. The summed E-state index contributed by atoms with van der Waals surface area (Å²) in [7, 11) is 0. The molecule has 0 unspecified atom stereocenters. The number of fused-ring (bicyclic) bond motifs is 1. The Morgan fingerprint density at radius 3 is 2.68 bits per heavy atom. The third-order valence-corrected chi connectivity index (χ3v) is 3.27. The molecule has 3 nitrogen and oxygen atoms in total. The molecule has 106 valence electrons. The Labute approximate surface area is 121 Å². The van der Waals surface area contributed by atoms with Crippen molar-refractivity contribution in [3.63, 3.8) is 0 Å². The zero-order chi connectivity index (χ0) is 13.3. The van der Waals surface area contributed by atoms with E-state index in [4.69, 9.17) is 5.73 Å². The molecule has 0 fully saturated rings. The Balaban J connectivity index is 0.00000180. The van der Waals surface area contributed by atoms with Crippen LogP contribution in [0.4, 0.5) is 11.4 Å². The molecule has 1 aromatic rings. The molecule has 1 aliphatic heterocycles. The third-order valence-electron chi connectivity index (χ3n) is 3.27. The van der Waals surface area contributed by atoms with Gasteiger partial charge in [-0.1, -0.05) is 26.8 Å². The zero-order valence-electron chi connectivity index (χ0n) is 11.9. The molecule has 0 atom stereocenters. The van der Waals surface area contributed by atoms with Crippen LogP contribution in [0.2, 0.25) is 0 Å². The summed E-state index contributed by atoms with van der Waals surface area (Å²) in [6.45, 7) is 7.09. The van der Waals surface area contributed by atoms with Crippen molar-refractivity contribution < 1.29 is 4.79 Å². The topological polar surface area (TPSA) is 46.3 Å². The highest BCUT2D eigenvalue weighted by molar-refractivity contribution is 5.95. The number of halogens is 1. The van der Waals surface area contributed by atoms with E-state index in [2.05, 4.69) is 20.8 Å². The van der Waals surface area contributed by atoms with Gasteiger partial charge in [-0.2, -0.15) is 0 Å². The predicted molar refractivity (Wildman–Crippen MR) is 82.8 cm³/mol. The number of hydrogen-bond donors (Lipinski definition) is 1. The SMILES string of the molecule is CC(C)(C)CC(=O)N1CCCc2c(N)cccc21.Cl. The number of carbonyl (C=O) groups excluding carboxylic acids is 1. The minimum absolute atomic E-state index is 0. The lowest BCUT2D eigenvalue weighted by molar-refractivity contribution is -0.120. The van der Waals surface area contributed by atoms with Crippen LogP contribution in [-0.4, -0.2) is 12.5 Å². The standard InChI is InChI=1S/C15H22N2O.ClH/c1-15(2,3)10-14(18)17-9-5-6-11-12(16)7-4-8-13(11)17;/h4,7-8H,5-6,9-10,16H2,1-3H3;1H. The lowest BCUT2D eigenvalue weighted by Crippen LogP contribution is -2.37. The van der Waals surface area contributed by atoms with Crippen molar-refractivity contribution in [2.45, 2.75) is 40.0 Å². The first-order valence-corrected chi connectivity index (χ1v) is 6.56. The maximum atomic E-state index is 12.4. The van der Waals surface area contributed by atoms with Crippen LogP contribution in [0.15, 0.2) is 18.2 Å². The molecule has 1 amide bonds. The average molecular weight is 283 g/mol. The van der Waals surface area contributed by atoms with Crippen LogP contribution in [0, 0.1) is 5.41 Å². The first-order valence-electron chi connectivity index (χ1n) is 6.56. The van der Waals surface area contributed by atoms with E-state index in [1.807, 2.05) is 23.1 Å². The second-order valence-corrected chi connectivity index (χ2v) is 6.23. The Hall–Kier alpha value is -1.22. The number of carbonyl (C=O) groups is 1. The van der Waals surface area contributed by atoms with Crippen LogP contribution in [0.1, 0.15) is 39.2 Å². The number of rotatable bonds is 1. The highest BCUT2D eigenvalue weighted by Crippen LogP contribution is 2.33. The summed E-state index contributed by atoms with van der Waals surface area (Å²) in [5, 5.41) is 0. The second-order valence-electron chi connectivity index (χ2n) is 6.23. The zero-order valence-corrected chi connectivity index (χ0v) is 12.7. The normalized spacial score (nSPS) is 14.6. The molecule has 0 spiro atoms. The molecule has 4 heteroatoms.